The zero-order chi connectivity index (χ0) is 13.6. The first-order valence-corrected chi connectivity index (χ1v) is 7.01. The second-order valence-corrected chi connectivity index (χ2v) is 5.42. The molecular formula is C11H16N2O4S. The Labute approximate surface area is 106 Å². The summed E-state index contributed by atoms with van der Waals surface area (Å²) in [7, 11) is -2.16. The number of hydrogen-bond donors (Lipinski definition) is 2. The van der Waals surface area contributed by atoms with Crippen LogP contribution in [0.25, 0.3) is 0 Å². The first-order chi connectivity index (χ1) is 8.44. The fourth-order valence-corrected chi connectivity index (χ4v) is 1.82. The Morgan fingerprint density at radius 3 is 2.50 bits per heavy atom. The molecule has 1 rings (SSSR count). The monoisotopic (exact) mass is 272 g/mol. The Morgan fingerprint density at radius 2 is 2.00 bits per heavy atom. The minimum atomic E-state index is -3.57. The predicted molar refractivity (Wildman–Crippen MR) is 67.2 cm³/mol. The van der Waals surface area contributed by atoms with Gasteiger partial charge in [0.25, 0.3) is 5.91 Å². The number of hydrogen-bond acceptors (Lipinski definition) is 4. The molecule has 1 unspecified atom stereocenters. The van der Waals surface area contributed by atoms with Gasteiger partial charge >= 0.3 is 0 Å². The molecule has 1 atom stereocenters. The third-order valence-corrected chi connectivity index (χ3v) is 3.04. The van der Waals surface area contributed by atoms with Crippen molar-refractivity contribution in [1.82, 2.24) is 5.32 Å². The maximum absolute atomic E-state index is 11.8. The summed E-state index contributed by atoms with van der Waals surface area (Å²) < 4.78 is 26.5. The second-order valence-electron chi connectivity index (χ2n) is 3.68. The predicted octanol–water partition coefficient (Wildman–Crippen LogP) is -0.221. The number of benzene rings is 1. The summed E-state index contributed by atoms with van der Waals surface area (Å²) >= 11 is 0. The van der Waals surface area contributed by atoms with E-state index < -0.39 is 22.0 Å². The summed E-state index contributed by atoms with van der Waals surface area (Å²) in [5.41, 5.74) is 0.702. The Hall–Kier alpha value is -1.44. The van der Waals surface area contributed by atoms with Crippen molar-refractivity contribution >= 4 is 15.9 Å². The minimum Gasteiger partial charge on any atom is -0.367 e. The summed E-state index contributed by atoms with van der Waals surface area (Å²) in [6.07, 6.45) is -0.758. The van der Waals surface area contributed by atoms with Gasteiger partial charge < -0.3 is 10.1 Å². The Kier molecular flexibility index (Phi) is 5.26. The van der Waals surface area contributed by atoms with Crippen molar-refractivity contribution in [3.05, 3.63) is 35.9 Å². The Morgan fingerprint density at radius 1 is 1.39 bits per heavy atom. The van der Waals surface area contributed by atoms with Crippen molar-refractivity contribution in [2.24, 2.45) is 5.14 Å². The van der Waals surface area contributed by atoms with E-state index in [1.807, 2.05) is 6.07 Å². The average molecular weight is 272 g/mol. The smallest absolute Gasteiger partial charge is 0.253 e. The number of nitrogens with two attached hydrogens (primary N) is 1. The highest BCUT2D eigenvalue weighted by Gasteiger charge is 2.19. The van der Waals surface area contributed by atoms with Gasteiger partial charge in [-0.15, -0.1) is 0 Å². The molecular weight excluding hydrogens is 256 g/mol. The highest BCUT2D eigenvalue weighted by atomic mass is 32.2. The second kappa shape index (κ2) is 6.48. The number of methoxy groups -OCH3 is 1. The average Bonchev–Trinajstić information content (AvgIpc) is 2.29. The molecule has 0 aliphatic heterocycles. The van der Waals surface area contributed by atoms with Crippen LogP contribution in [0.1, 0.15) is 11.7 Å². The SMILES string of the molecule is COC(C(=O)NCCS(N)(=O)=O)c1ccccc1. The van der Waals surface area contributed by atoms with Crippen LogP contribution in [0.5, 0.6) is 0 Å². The van der Waals surface area contributed by atoms with Crippen molar-refractivity contribution < 1.29 is 17.9 Å². The lowest BCUT2D eigenvalue weighted by Crippen LogP contribution is -2.35. The van der Waals surface area contributed by atoms with Gasteiger partial charge in [-0.3, -0.25) is 4.79 Å². The van der Waals surface area contributed by atoms with Gasteiger partial charge in [-0.05, 0) is 5.56 Å². The molecule has 7 heteroatoms. The summed E-state index contributed by atoms with van der Waals surface area (Å²) in [6, 6.07) is 8.92. The van der Waals surface area contributed by atoms with Gasteiger partial charge in [0.1, 0.15) is 0 Å². The Balaban J connectivity index is 2.59. The summed E-state index contributed by atoms with van der Waals surface area (Å²) in [6.45, 7) is -0.0373. The lowest BCUT2D eigenvalue weighted by molar-refractivity contribution is -0.131. The van der Waals surface area contributed by atoms with Crippen molar-refractivity contribution in [2.75, 3.05) is 19.4 Å². The summed E-state index contributed by atoms with van der Waals surface area (Å²) in [5, 5.41) is 7.30. The van der Waals surface area contributed by atoms with Gasteiger partial charge in [-0.2, -0.15) is 0 Å². The summed E-state index contributed by atoms with van der Waals surface area (Å²) in [5.74, 6) is -0.698. The molecule has 0 saturated heterocycles. The lowest BCUT2D eigenvalue weighted by atomic mass is 10.1. The van der Waals surface area contributed by atoms with Crippen LogP contribution < -0.4 is 10.5 Å². The molecule has 0 radical (unpaired) electrons. The lowest BCUT2D eigenvalue weighted by Gasteiger charge is -2.15. The van der Waals surface area contributed by atoms with E-state index in [2.05, 4.69) is 5.32 Å². The third-order valence-electron chi connectivity index (χ3n) is 2.26. The van der Waals surface area contributed by atoms with E-state index in [9.17, 15) is 13.2 Å². The number of rotatable bonds is 6. The number of carbonyl (C=O) groups is 1. The van der Waals surface area contributed by atoms with E-state index in [1.54, 1.807) is 24.3 Å². The van der Waals surface area contributed by atoms with E-state index in [0.29, 0.717) is 5.56 Å². The number of amides is 1. The molecule has 0 aliphatic carbocycles. The number of ether oxygens (including phenoxy) is 1. The van der Waals surface area contributed by atoms with Gasteiger partial charge in [0, 0.05) is 13.7 Å². The van der Waals surface area contributed by atoms with Crippen LogP contribution in [0.4, 0.5) is 0 Å². The Bertz CT molecular complexity index is 487. The van der Waals surface area contributed by atoms with Gasteiger partial charge in [0.15, 0.2) is 6.10 Å². The number of nitrogens with one attached hydrogen (secondary N) is 1. The van der Waals surface area contributed by atoms with E-state index >= 15 is 0 Å². The third kappa shape index (κ3) is 4.82. The molecule has 0 heterocycles. The van der Waals surface area contributed by atoms with Crippen LogP contribution in [0.15, 0.2) is 30.3 Å². The highest BCUT2D eigenvalue weighted by molar-refractivity contribution is 7.89. The van der Waals surface area contributed by atoms with Crippen LogP contribution >= 0.6 is 0 Å². The van der Waals surface area contributed by atoms with Gasteiger partial charge in [0.05, 0.1) is 5.75 Å². The van der Waals surface area contributed by atoms with E-state index in [-0.39, 0.29) is 12.3 Å². The van der Waals surface area contributed by atoms with Crippen molar-refractivity contribution in [2.45, 2.75) is 6.10 Å². The van der Waals surface area contributed by atoms with E-state index in [4.69, 9.17) is 9.88 Å². The zero-order valence-corrected chi connectivity index (χ0v) is 10.8. The largest absolute Gasteiger partial charge is 0.367 e. The maximum atomic E-state index is 11.8. The molecule has 0 bridgehead atoms. The molecule has 0 aliphatic rings. The van der Waals surface area contributed by atoms with E-state index in [1.165, 1.54) is 7.11 Å². The van der Waals surface area contributed by atoms with Crippen LogP contribution in [-0.4, -0.2) is 33.7 Å². The fraction of sp³-hybridized carbons (Fsp3) is 0.364. The van der Waals surface area contributed by atoms with Crippen LogP contribution in [0.2, 0.25) is 0 Å². The van der Waals surface area contributed by atoms with E-state index in [0.717, 1.165) is 0 Å². The maximum Gasteiger partial charge on any atom is 0.253 e. The molecule has 1 aromatic rings. The first-order valence-electron chi connectivity index (χ1n) is 5.30. The number of carbonyl (C=O) groups excluding carboxylic acids is 1. The van der Waals surface area contributed by atoms with Gasteiger partial charge in [-0.1, -0.05) is 30.3 Å². The molecule has 1 amide bonds. The molecule has 0 fully saturated rings. The van der Waals surface area contributed by atoms with Crippen molar-refractivity contribution in [3.8, 4) is 0 Å². The zero-order valence-electron chi connectivity index (χ0n) is 10.00. The standard InChI is InChI=1S/C11H16N2O4S/c1-17-10(9-5-3-2-4-6-9)11(14)13-7-8-18(12,15)16/h2-6,10H,7-8H2,1H3,(H,13,14)(H2,12,15,16). The first kappa shape index (κ1) is 14.6. The van der Waals surface area contributed by atoms with Crippen LogP contribution in [-0.2, 0) is 19.6 Å². The molecule has 0 spiro atoms. The van der Waals surface area contributed by atoms with Gasteiger partial charge in [-0.25, -0.2) is 13.6 Å². The number of sulfonamides is 1. The molecule has 0 saturated carbocycles. The fourth-order valence-electron chi connectivity index (χ4n) is 1.43. The van der Waals surface area contributed by atoms with Gasteiger partial charge in [0.2, 0.25) is 10.0 Å². The molecule has 0 aromatic heterocycles. The molecule has 3 N–H and O–H groups in total. The quantitative estimate of drug-likeness (QED) is 0.748. The molecule has 1 aromatic carbocycles. The minimum absolute atomic E-state index is 0.0373. The summed E-state index contributed by atoms with van der Waals surface area (Å²) in [4.78, 5) is 11.8. The molecule has 6 nitrogen and oxygen atoms in total. The van der Waals surface area contributed by atoms with Crippen LogP contribution in [0, 0.1) is 0 Å². The molecule has 18 heavy (non-hydrogen) atoms. The van der Waals surface area contributed by atoms with Crippen molar-refractivity contribution in [3.63, 3.8) is 0 Å². The molecule has 100 valence electrons. The van der Waals surface area contributed by atoms with Crippen molar-refractivity contribution in [1.29, 1.82) is 0 Å². The normalized spacial score (nSPS) is 13.0. The van der Waals surface area contributed by atoms with Crippen LogP contribution in [0.3, 0.4) is 0 Å². The topological polar surface area (TPSA) is 98.5 Å². The number of primary sulfonamides is 1. The highest BCUT2D eigenvalue weighted by Crippen LogP contribution is 2.15.